The Labute approximate surface area is 141 Å². The lowest BCUT2D eigenvalue weighted by Gasteiger charge is -2.04. The van der Waals surface area contributed by atoms with Crippen LogP contribution in [-0.2, 0) is 4.79 Å². The maximum atomic E-state index is 11.8. The second kappa shape index (κ2) is 17.7. The van der Waals surface area contributed by atoms with E-state index in [2.05, 4.69) is 6.92 Å². The van der Waals surface area contributed by atoms with Gasteiger partial charge < -0.3 is 5.32 Å². The third-order valence-electron chi connectivity index (χ3n) is 4.28. The third-order valence-corrected chi connectivity index (χ3v) is 4.28. The summed E-state index contributed by atoms with van der Waals surface area (Å²) in [4.78, 5) is 11.0. The zero-order valence-corrected chi connectivity index (χ0v) is 15.1. The Bertz CT molecular complexity index is 260. The van der Waals surface area contributed by atoms with E-state index in [0.29, 0.717) is 0 Å². The van der Waals surface area contributed by atoms with Crippen LogP contribution in [0, 0.1) is 0 Å². The number of carbonyl (C=O) groups excluding carboxylic acids is 1. The highest BCUT2D eigenvalue weighted by Gasteiger charge is 2.06. The van der Waals surface area contributed by atoms with E-state index in [9.17, 15) is 13.6 Å². The number of carbonyl (C=O) groups is 1. The van der Waals surface area contributed by atoms with Crippen molar-refractivity contribution in [3.63, 3.8) is 0 Å². The summed E-state index contributed by atoms with van der Waals surface area (Å²) in [5, 5.41) is 1.62. The minimum absolute atomic E-state index is 0.225. The molecule has 0 bridgehead atoms. The molecule has 0 unspecified atom stereocenters. The molecule has 0 aromatic rings. The SMILES string of the molecule is CCCCCCCCCCCCCCCCCC(=O)NC(F)F. The van der Waals surface area contributed by atoms with Crippen molar-refractivity contribution in [3.8, 4) is 0 Å². The number of hydrogen-bond acceptors (Lipinski definition) is 1. The van der Waals surface area contributed by atoms with Crippen molar-refractivity contribution in [1.82, 2.24) is 5.32 Å². The molecule has 0 rings (SSSR count). The van der Waals surface area contributed by atoms with Gasteiger partial charge in [-0.3, -0.25) is 4.79 Å². The zero-order valence-electron chi connectivity index (χ0n) is 15.1. The van der Waals surface area contributed by atoms with Crippen molar-refractivity contribution in [2.75, 3.05) is 0 Å². The summed E-state index contributed by atoms with van der Waals surface area (Å²) in [5.41, 5.74) is 0. The molecule has 0 atom stereocenters. The maximum absolute atomic E-state index is 11.8. The number of hydrogen-bond donors (Lipinski definition) is 1. The molecule has 0 fully saturated rings. The minimum Gasteiger partial charge on any atom is -0.300 e. The van der Waals surface area contributed by atoms with Gasteiger partial charge in [-0.1, -0.05) is 96.8 Å². The second-order valence-corrected chi connectivity index (χ2v) is 6.57. The van der Waals surface area contributed by atoms with Crippen molar-refractivity contribution >= 4 is 5.91 Å². The van der Waals surface area contributed by atoms with Gasteiger partial charge in [-0.15, -0.1) is 0 Å². The minimum atomic E-state index is -2.72. The van der Waals surface area contributed by atoms with Crippen LogP contribution in [0.3, 0.4) is 0 Å². The molecule has 0 saturated carbocycles. The number of amides is 1. The van der Waals surface area contributed by atoms with Crippen LogP contribution in [0.1, 0.15) is 110 Å². The zero-order chi connectivity index (χ0) is 17.2. The van der Waals surface area contributed by atoms with Crippen LogP contribution in [0.5, 0.6) is 0 Å². The summed E-state index contributed by atoms with van der Waals surface area (Å²) in [6, 6.07) is 0. The number of alkyl halides is 2. The highest BCUT2D eigenvalue weighted by Crippen LogP contribution is 2.13. The van der Waals surface area contributed by atoms with Gasteiger partial charge in [0.25, 0.3) is 0 Å². The van der Waals surface area contributed by atoms with E-state index in [1.54, 1.807) is 5.32 Å². The average Bonchev–Trinajstić information content (AvgIpc) is 2.50. The van der Waals surface area contributed by atoms with E-state index in [1.165, 1.54) is 77.0 Å². The Morgan fingerprint density at radius 2 is 1.04 bits per heavy atom. The number of rotatable bonds is 17. The summed E-state index contributed by atoms with van der Waals surface area (Å²) in [5.74, 6) is -0.533. The maximum Gasteiger partial charge on any atom is 0.315 e. The Morgan fingerprint density at radius 3 is 1.39 bits per heavy atom. The Morgan fingerprint density at radius 1 is 0.696 bits per heavy atom. The molecular weight excluding hydrogens is 296 g/mol. The fourth-order valence-corrected chi connectivity index (χ4v) is 2.85. The quantitative estimate of drug-likeness (QED) is 0.236. The van der Waals surface area contributed by atoms with Crippen molar-refractivity contribution in [2.24, 2.45) is 0 Å². The summed E-state index contributed by atoms with van der Waals surface area (Å²) in [6.07, 6.45) is 19.2. The molecule has 0 aliphatic rings. The van der Waals surface area contributed by atoms with E-state index < -0.39 is 12.5 Å². The average molecular weight is 334 g/mol. The first-order valence-corrected chi connectivity index (χ1v) is 9.74. The van der Waals surface area contributed by atoms with Crippen LogP contribution in [0.2, 0.25) is 0 Å². The van der Waals surface area contributed by atoms with E-state index in [0.717, 1.165) is 19.3 Å². The fraction of sp³-hybridized carbons (Fsp3) is 0.947. The Kier molecular flexibility index (Phi) is 17.2. The van der Waals surface area contributed by atoms with Gasteiger partial charge in [-0.25, -0.2) is 0 Å². The highest BCUT2D eigenvalue weighted by molar-refractivity contribution is 5.75. The molecule has 0 radical (unpaired) electrons. The summed E-state index contributed by atoms with van der Waals surface area (Å²) in [6.45, 7) is -0.469. The molecule has 0 spiro atoms. The predicted molar refractivity (Wildman–Crippen MR) is 93.7 cm³/mol. The van der Waals surface area contributed by atoms with Gasteiger partial charge in [-0.2, -0.15) is 8.78 Å². The monoisotopic (exact) mass is 333 g/mol. The largest absolute Gasteiger partial charge is 0.315 e. The van der Waals surface area contributed by atoms with Gasteiger partial charge >= 0.3 is 6.55 Å². The van der Waals surface area contributed by atoms with Gasteiger partial charge in [-0.05, 0) is 6.42 Å². The normalized spacial score (nSPS) is 11.1. The summed E-state index contributed by atoms with van der Waals surface area (Å²) < 4.78 is 23.7. The lowest BCUT2D eigenvalue weighted by Crippen LogP contribution is -2.27. The first-order valence-electron chi connectivity index (χ1n) is 9.74. The van der Waals surface area contributed by atoms with Crippen LogP contribution < -0.4 is 5.32 Å². The van der Waals surface area contributed by atoms with Crippen LogP contribution in [0.15, 0.2) is 0 Å². The predicted octanol–water partition coefficient (Wildman–Crippen LogP) is 6.59. The second-order valence-electron chi connectivity index (χ2n) is 6.57. The molecule has 2 nitrogen and oxygen atoms in total. The van der Waals surface area contributed by atoms with E-state index in [4.69, 9.17) is 0 Å². The molecule has 1 amide bonds. The van der Waals surface area contributed by atoms with Crippen LogP contribution in [-0.4, -0.2) is 12.5 Å². The smallest absolute Gasteiger partial charge is 0.300 e. The number of nitrogens with one attached hydrogen (secondary N) is 1. The lowest BCUT2D eigenvalue weighted by molar-refractivity contribution is -0.125. The Hall–Kier alpha value is -0.670. The van der Waals surface area contributed by atoms with Gasteiger partial charge in [0.2, 0.25) is 5.91 Å². The molecule has 4 heteroatoms. The van der Waals surface area contributed by atoms with Crippen molar-refractivity contribution < 1.29 is 13.6 Å². The van der Waals surface area contributed by atoms with E-state index in [-0.39, 0.29) is 6.42 Å². The van der Waals surface area contributed by atoms with Crippen molar-refractivity contribution in [1.29, 1.82) is 0 Å². The molecule has 23 heavy (non-hydrogen) atoms. The Balaban J connectivity index is 3.06. The molecule has 0 aromatic carbocycles. The molecular formula is C19H37F2NO. The molecule has 1 N–H and O–H groups in total. The van der Waals surface area contributed by atoms with Gasteiger partial charge in [0.1, 0.15) is 0 Å². The molecule has 0 aromatic heterocycles. The molecule has 0 aliphatic heterocycles. The molecule has 0 heterocycles. The summed E-state index contributed by atoms with van der Waals surface area (Å²) >= 11 is 0. The molecule has 138 valence electrons. The first-order chi connectivity index (χ1) is 11.2. The summed E-state index contributed by atoms with van der Waals surface area (Å²) in [7, 11) is 0. The van der Waals surface area contributed by atoms with Crippen molar-refractivity contribution in [2.45, 2.75) is 116 Å². The van der Waals surface area contributed by atoms with E-state index >= 15 is 0 Å². The van der Waals surface area contributed by atoms with Gasteiger partial charge in [0.05, 0.1) is 0 Å². The van der Waals surface area contributed by atoms with Gasteiger partial charge in [0, 0.05) is 6.42 Å². The topological polar surface area (TPSA) is 29.1 Å². The fourth-order valence-electron chi connectivity index (χ4n) is 2.85. The lowest BCUT2D eigenvalue weighted by atomic mass is 10.0. The number of halogens is 2. The van der Waals surface area contributed by atoms with Crippen LogP contribution >= 0.6 is 0 Å². The van der Waals surface area contributed by atoms with E-state index in [1.807, 2.05) is 0 Å². The molecule has 0 saturated heterocycles. The third kappa shape index (κ3) is 19.3. The highest BCUT2D eigenvalue weighted by atomic mass is 19.3. The number of unbranched alkanes of at least 4 members (excludes halogenated alkanes) is 14. The molecule has 0 aliphatic carbocycles. The van der Waals surface area contributed by atoms with Gasteiger partial charge in [0.15, 0.2) is 0 Å². The first kappa shape index (κ1) is 22.3. The van der Waals surface area contributed by atoms with Crippen LogP contribution in [0.4, 0.5) is 8.78 Å². The standard InChI is InChI=1S/C19H37F2NO/c1-2-3-4-5-6-7-8-9-10-11-12-13-14-15-16-17-18(23)22-19(20)21/h19H,2-17H2,1H3,(H,22,23). The van der Waals surface area contributed by atoms with Crippen LogP contribution in [0.25, 0.3) is 0 Å². The van der Waals surface area contributed by atoms with Crippen molar-refractivity contribution in [3.05, 3.63) is 0 Å².